The first kappa shape index (κ1) is 16.6. The maximum Gasteiger partial charge on any atom is 0.266 e. The molecule has 4 nitrogen and oxygen atoms in total. The first-order valence-electron chi connectivity index (χ1n) is 6.15. The van der Waals surface area contributed by atoms with Gasteiger partial charge >= 0.3 is 0 Å². The number of halogens is 3. The first-order chi connectivity index (χ1) is 9.70. The Morgan fingerprint density at radius 2 is 1.95 bits per heavy atom. The Morgan fingerprint density at radius 3 is 2.43 bits per heavy atom. The lowest BCUT2D eigenvalue weighted by atomic mass is 10.1. The summed E-state index contributed by atoms with van der Waals surface area (Å²) in [6.07, 6.45) is 0. The molecule has 0 amide bonds. The molecule has 0 aliphatic heterocycles. The smallest absolute Gasteiger partial charge is 0.248 e. The van der Waals surface area contributed by atoms with Gasteiger partial charge in [0.25, 0.3) is 9.05 Å². The van der Waals surface area contributed by atoms with Crippen molar-refractivity contribution >= 4 is 42.9 Å². The topological polar surface area (TPSA) is 52.0 Å². The second-order valence-corrected chi connectivity index (χ2v) is 8.18. The van der Waals surface area contributed by atoms with Crippen LogP contribution in [-0.2, 0) is 15.6 Å². The van der Waals surface area contributed by atoms with Crippen molar-refractivity contribution in [2.24, 2.45) is 0 Å². The maximum atomic E-state index is 11.7. The highest BCUT2D eigenvalue weighted by atomic mass is 35.7. The first-order valence-corrected chi connectivity index (χ1v) is 9.22. The molecule has 0 saturated heterocycles. The molecular formula is C13H13Cl3N2O2S. The van der Waals surface area contributed by atoms with Crippen molar-refractivity contribution in [2.45, 2.75) is 31.2 Å². The van der Waals surface area contributed by atoms with Crippen molar-refractivity contribution in [3.05, 3.63) is 45.7 Å². The van der Waals surface area contributed by atoms with Crippen LogP contribution in [0, 0.1) is 0 Å². The number of hydrogen-bond acceptors (Lipinski definition) is 3. The second-order valence-electron chi connectivity index (χ2n) is 4.89. The Hall–Kier alpha value is -0.750. The summed E-state index contributed by atoms with van der Waals surface area (Å²) in [5.41, 5.74) is 1.22. The summed E-state index contributed by atoms with van der Waals surface area (Å²) in [5.74, 6) is -0.119. The maximum absolute atomic E-state index is 11.7. The van der Waals surface area contributed by atoms with Gasteiger partial charge in [0.2, 0.25) is 0 Å². The van der Waals surface area contributed by atoms with Crippen LogP contribution in [0.1, 0.15) is 31.0 Å². The van der Waals surface area contributed by atoms with Crippen LogP contribution in [0.5, 0.6) is 0 Å². The highest BCUT2D eigenvalue weighted by Gasteiger charge is 2.27. The van der Waals surface area contributed by atoms with Gasteiger partial charge in [-0.25, -0.2) is 13.1 Å². The standard InChI is InChI=1S/C13H13Cl3N2O2S/c1-8(2)11-12(21(16,19)20)13(15)18(17-11)7-9-4-3-5-10(14)6-9/h3-6,8H,7H2,1-2H3. The normalized spacial score (nSPS) is 12.1. The summed E-state index contributed by atoms with van der Waals surface area (Å²) in [6, 6.07) is 7.18. The monoisotopic (exact) mass is 366 g/mol. The Balaban J connectivity index is 2.51. The predicted octanol–water partition coefficient (Wildman–Crippen LogP) is 4.29. The molecule has 1 aromatic carbocycles. The van der Waals surface area contributed by atoms with Gasteiger partial charge < -0.3 is 0 Å². The molecule has 1 heterocycles. The van der Waals surface area contributed by atoms with Crippen LogP contribution in [0.2, 0.25) is 10.2 Å². The van der Waals surface area contributed by atoms with E-state index < -0.39 is 9.05 Å². The number of nitrogens with zero attached hydrogens (tertiary/aromatic N) is 2. The molecule has 2 rings (SSSR count). The third-order valence-electron chi connectivity index (χ3n) is 2.89. The second kappa shape index (κ2) is 6.16. The van der Waals surface area contributed by atoms with E-state index in [-0.39, 0.29) is 16.0 Å². The highest BCUT2D eigenvalue weighted by molar-refractivity contribution is 8.13. The fraction of sp³-hybridized carbons (Fsp3) is 0.308. The van der Waals surface area contributed by atoms with Crippen molar-refractivity contribution in [1.82, 2.24) is 9.78 Å². The van der Waals surface area contributed by atoms with Gasteiger partial charge in [-0.1, -0.05) is 49.2 Å². The molecule has 0 saturated carbocycles. The molecule has 0 atom stereocenters. The predicted molar refractivity (Wildman–Crippen MR) is 84.9 cm³/mol. The average Bonchev–Trinajstić information content (AvgIpc) is 2.67. The van der Waals surface area contributed by atoms with Gasteiger partial charge in [0.05, 0.1) is 12.2 Å². The van der Waals surface area contributed by atoms with Crippen LogP contribution in [0.4, 0.5) is 0 Å². The fourth-order valence-electron chi connectivity index (χ4n) is 1.96. The summed E-state index contributed by atoms with van der Waals surface area (Å²) < 4.78 is 24.8. The zero-order chi connectivity index (χ0) is 15.8. The third-order valence-corrected chi connectivity index (χ3v) is 4.97. The van der Waals surface area contributed by atoms with Crippen LogP contribution < -0.4 is 0 Å². The van der Waals surface area contributed by atoms with E-state index in [1.54, 1.807) is 18.2 Å². The number of rotatable bonds is 4. The van der Waals surface area contributed by atoms with Crippen molar-refractivity contribution in [2.75, 3.05) is 0 Å². The number of hydrogen-bond donors (Lipinski definition) is 0. The zero-order valence-electron chi connectivity index (χ0n) is 11.3. The molecule has 21 heavy (non-hydrogen) atoms. The van der Waals surface area contributed by atoms with Crippen molar-refractivity contribution in [1.29, 1.82) is 0 Å². The lowest BCUT2D eigenvalue weighted by Gasteiger charge is -2.04. The minimum absolute atomic E-state index is 0.00803. The Bertz CT molecular complexity index is 770. The van der Waals surface area contributed by atoms with Crippen LogP contribution in [0.15, 0.2) is 29.2 Å². The summed E-state index contributed by atoms with van der Waals surface area (Å²) in [5, 5.41) is 4.87. The minimum atomic E-state index is -3.96. The summed E-state index contributed by atoms with van der Waals surface area (Å²) in [4.78, 5) is -0.122. The van der Waals surface area contributed by atoms with Crippen molar-refractivity contribution in [3.8, 4) is 0 Å². The molecule has 0 fully saturated rings. The lowest BCUT2D eigenvalue weighted by molar-refractivity contribution is 0.607. The van der Waals surface area contributed by atoms with Crippen LogP contribution in [0.3, 0.4) is 0 Å². The molecule has 0 N–H and O–H groups in total. The summed E-state index contributed by atoms with van der Waals surface area (Å²) in [6.45, 7) is 3.97. The van der Waals surface area contributed by atoms with E-state index in [1.165, 1.54) is 4.68 Å². The molecule has 114 valence electrons. The molecule has 0 radical (unpaired) electrons. The van der Waals surface area contributed by atoms with Gasteiger partial charge in [-0.3, -0.25) is 0 Å². The fourth-order valence-corrected chi connectivity index (χ4v) is 4.08. The average molecular weight is 368 g/mol. The highest BCUT2D eigenvalue weighted by Crippen LogP contribution is 2.33. The third kappa shape index (κ3) is 3.72. The summed E-state index contributed by atoms with van der Waals surface area (Å²) >= 11 is 12.1. The summed E-state index contributed by atoms with van der Waals surface area (Å²) in [7, 11) is 1.51. The van der Waals surface area contributed by atoms with Crippen molar-refractivity contribution in [3.63, 3.8) is 0 Å². The van der Waals surface area contributed by atoms with E-state index in [1.807, 2.05) is 19.9 Å². The van der Waals surface area contributed by atoms with E-state index in [0.717, 1.165) is 5.56 Å². The molecule has 0 spiro atoms. The quantitative estimate of drug-likeness (QED) is 0.757. The van der Waals surface area contributed by atoms with Gasteiger partial charge in [-0.2, -0.15) is 5.10 Å². The van der Waals surface area contributed by atoms with Crippen LogP contribution >= 0.6 is 33.9 Å². The molecule has 0 aliphatic carbocycles. The molecule has 2 aromatic rings. The van der Waals surface area contributed by atoms with Crippen LogP contribution in [0.25, 0.3) is 0 Å². The molecular weight excluding hydrogens is 355 g/mol. The van der Waals surface area contributed by atoms with E-state index in [9.17, 15) is 8.42 Å². The van der Waals surface area contributed by atoms with E-state index in [2.05, 4.69) is 5.10 Å². The van der Waals surface area contributed by atoms with Crippen LogP contribution in [-0.4, -0.2) is 18.2 Å². The minimum Gasteiger partial charge on any atom is -0.248 e. The van der Waals surface area contributed by atoms with E-state index in [0.29, 0.717) is 17.3 Å². The van der Waals surface area contributed by atoms with Gasteiger partial charge in [0, 0.05) is 15.7 Å². The Labute approximate surface area is 138 Å². The molecule has 0 bridgehead atoms. The lowest BCUT2D eigenvalue weighted by Crippen LogP contribution is -2.03. The number of aromatic nitrogens is 2. The van der Waals surface area contributed by atoms with Gasteiger partial charge in [0.15, 0.2) is 0 Å². The zero-order valence-corrected chi connectivity index (χ0v) is 14.4. The van der Waals surface area contributed by atoms with E-state index in [4.69, 9.17) is 33.9 Å². The van der Waals surface area contributed by atoms with E-state index >= 15 is 0 Å². The molecule has 1 aromatic heterocycles. The van der Waals surface area contributed by atoms with Gasteiger partial charge in [0.1, 0.15) is 10.0 Å². The van der Waals surface area contributed by atoms with Gasteiger partial charge in [-0.15, -0.1) is 0 Å². The molecule has 8 heteroatoms. The Morgan fingerprint density at radius 1 is 1.29 bits per heavy atom. The molecule has 0 aliphatic rings. The SMILES string of the molecule is CC(C)c1nn(Cc2cccc(Cl)c2)c(Cl)c1S(=O)(=O)Cl. The van der Waals surface area contributed by atoms with Gasteiger partial charge in [-0.05, 0) is 23.6 Å². The van der Waals surface area contributed by atoms with Crippen molar-refractivity contribution < 1.29 is 8.42 Å². The number of benzene rings is 1. The largest absolute Gasteiger partial charge is 0.266 e. The Kier molecular flexibility index (Phi) is 4.88. The molecule has 0 unspecified atom stereocenters.